The van der Waals surface area contributed by atoms with Gasteiger partial charge in [-0.25, -0.2) is 4.18 Å². The average molecular weight is 1370 g/mol. The van der Waals surface area contributed by atoms with E-state index in [1.54, 1.807) is 0 Å². The zero-order valence-electron chi connectivity index (χ0n) is 49.9. The monoisotopic (exact) mass is 1360 g/mol. The molecule has 4 amide bonds. The maximum Gasteiger partial charge on any atom is 0.397 e. The van der Waals surface area contributed by atoms with Gasteiger partial charge in [0.2, 0.25) is 23.6 Å². The van der Waals surface area contributed by atoms with Crippen LogP contribution in [0.3, 0.4) is 0 Å². The van der Waals surface area contributed by atoms with Crippen molar-refractivity contribution in [2.45, 2.75) is 256 Å². The Kier molecular flexibility index (Phi) is 26.7. The van der Waals surface area contributed by atoms with Crippen molar-refractivity contribution >= 4 is 34.0 Å². The summed E-state index contributed by atoms with van der Waals surface area (Å²) in [6, 6.07) is -7.30. The summed E-state index contributed by atoms with van der Waals surface area (Å²) in [7, 11) is -5.17. The Bertz CT molecular complexity index is 2540. The molecule has 21 N–H and O–H groups in total. The lowest BCUT2D eigenvalue weighted by molar-refractivity contribution is -0.399. The first kappa shape index (κ1) is 76.0. The number of nitrogens with one attached hydrogen (secondary N) is 4. The molecule has 0 radical (unpaired) electrons. The quantitative estimate of drug-likeness (QED) is 0.0422. The Hall–Kier alpha value is -3.41. The molecule has 7 saturated heterocycles. The number of rotatable bonds is 23. The molecular weight excluding hydrogens is 1280 g/mol. The first-order chi connectivity index (χ1) is 43.1. The fraction of sp³-hybridized carbons (Fsp3) is 0.920. The summed E-state index contributed by atoms with van der Waals surface area (Å²) >= 11 is 0. The van der Waals surface area contributed by atoms with Crippen molar-refractivity contribution in [3.8, 4) is 0 Å². The maximum atomic E-state index is 13.3. The smallest absolute Gasteiger partial charge is 0.394 e. The van der Waals surface area contributed by atoms with Crippen LogP contribution in [-0.4, -0.2) is 366 Å². The van der Waals surface area contributed by atoms with Crippen LogP contribution in [0.2, 0.25) is 0 Å². The SMILES string of the molecule is CC(=O)N[C@H]1[C@H](OC[C@H]2OC(O)[C@H](NC(C)=O)[C@@H](O[C@@H]3O[C@H](CO)[C@H](O)[C@H](O[C@H]4O[C@H](CO)[C@H](O)[C@H](O[C@H]5O[C@H](CO)[C@@H](O)[C@H](O[C@@H]6O[C@@H](C)[C@@H](O)[C@@H](O)[C@@H]6O)[C@H]5NC(C)=O)[C@H]4NC(C)=O)[C@H]3O[C@@H]3O[C@@H](C)[C@@H](O)[C@@H](O)[C@@H]3O)[C@H]2O)O[C@H](COS(=O)(=O)O)[C@@H](O)[C@@H]1O. The van der Waals surface area contributed by atoms with Gasteiger partial charge in [-0.2, -0.15) is 8.42 Å². The normalized spacial score (nSPS) is 47.0. The third-order valence-electron chi connectivity index (χ3n) is 16.3. The summed E-state index contributed by atoms with van der Waals surface area (Å²) in [5.74, 6) is -3.56. The van der Waals surface area contributed by atoms with Gasteiger partial charge in [-0.15, -0.1) is 0 Å². The van der Waals surface area contributed by atoms with Gasteiger partial charge < -0.3 is 165 Å². The highest BCUT2D eigenvalue weighted by molar-refractivity contribution is 7.80. The maximum absolute atomic E-state index is 13.3. The Balaban J connectivity index is 1.26. The molecule has 42 heteroatoms. The molecule has 0 aliphatic carbocycles. The second-order valence-electron chi connectivity index (χ2n) is 23.0. The van der Waals surface area contributed by atoms with E-state index in [1.807, 2.05) is 0 Å². The van der Waals surface area contributed by atoms with Gasteiger partial charge in [-0.1, -0.05) is 0 Å². The predicted molar refractivity (Wildman–Crippen MR) is 286 cm³/mol. The van der Waals surface area contributed by atoms with Crippen molar-refractivity contribution in [3.05, 3.63) is 0 Å². The number of ether oxygens (including phenoxy) is 13. The first-order valence-corrected chi connectivity index (χ1v) is 30.3. The molecule has 7 heterocycles. The van der Waals surface area contributed by atoms with Crippen LogP contribution in [0.15, 0.2) is 0 Å². The molecule has 7 aliphatic heterocycles. The highest BCUT2D eigenvalue weighted by Gasteiger charge is 2.60. The lowest BCUT2D eigenvalue weighted by Gasteiger charge is -2.52. The Morgan fingerprint density at radius 1 is 0.359 bits per heavy atom. The van der Waals surface area contributed by atoms with E-state index in [0.29, 0.717) is 0 Å². The van der Waals surface area contributed by atoms with Crippen LogP contribution in [0.25, 0.3) is 0 Å². The van der Waals surface area contributed by atoms with Gasteiger partial charge in [-0.3, -0.25) is 23.7 Å². The van der Waals surface area contributed by atoms with Crippen LogP contribution < -0.4 is 21.3 Å². The van der Waals surface area contributed by atoms with Crippen LogP contribution in [0.4, 0.5) is 0 Å². The van der Waals surface area contributed by atoms with Crippen LogP contribution >= 0.6 is 0 Å². The summed E-state index contributed by atoms with van der Waals surface area (Å²) in [6.07, 6.45) is -61.0. The van der Waals surface area contributed by atoms with Crippen LogP contribution in [-0.2, 0) is 95.3 Å². The Labute approximate surface area is 523 Å². The molecule has 1 unspecified atom stereocenters. The molecular formula is C50H84N4O37S. The number of aliphatic hydroxyl groups is 16. The zero-order valence-corrected chi connectivity index (χ0v) is 50.7. The number of hydrogen-bond acceptors (Lipinski definition) is 36. The molecule has 35 atom stereocenters. The summed E-state index contributed by atoms with van der Waals surface area (Å²) in [4.78, 5) is 51.3. The highest BCUT2D eigenvalue weighted by atomic mass is 32.3. The summed E-state index contributed by atoms with van der Waals surface area (Å²) in [6.45, 7) is 1.02. The van der Waals surface area contributed by atoms with E-state index < -0.39 is 282 Å². The molecule has 7 rings (SSSR count). The van der Waals surface area contributed by atoms with Gasteiger partial charge in [0, 0.05) is 27.7 Å². The minimum absolute atomic E-state index is 0.829. The lowest BCUT2D eigenvalue weighted by Crippen LogP contribution is -2.72. The van der Waals surface area contributed by atoms with E-state index in [-0.39, 0.29) is 0 Å². The Morgan fingerprint density at radius 3 is 1.15 bits per heavy atom. The van der Waals surface area contributed by atoms with E-state index in [2.05, 4.69) is 25.5 Å². The van der Waals surface area contributed by atoms with Gasteiger partial charge in [-0.05, 0) is 13.8 Å². The topological polar surface area (TPSA) is 624 Å². The Morgan fingerprint density at radius 2 is 0.707 bits per heavy atom. The van der Waals surface area contributed by atoms with Crippen molar-refractivity contribution in [2.24, 2.45) is 0 Å². The molecule has 0 aromatic heterocycles. The van der Waals surface area contributed by atoms with E-state index in [9.17, 15) is 114 Å². The standard InChI is InChI=1S/C50H84N4O37S/c1-12-27(62)35(70)37(72)48(80-12)88-41-26(54-17(6)61)46(83-19(8-56)31(41)66)87-40-25(53-16(5)60)47(84-18(7-55)30(40)65)90-42-32(67)20(9-57)85-50(43(42)91-49-38(73)36(71)28(63)13(2)81-49)89-39-24(52-15(4)59)44(74)82-21(33(39)68)10-78-45-23(51-14(3)58)34(69)29(64)22(86-45)11-79-92(75,76)77/h12-13,18-50,55-57,62-74H,7-11H2,1-6H3,(H,51,58)(H,52,59)(H,53,60)(H,54,61)(H,75,76,77)/t12-,13-,18+,19+,20+,21+,22+,23+,24+,25+,26+,27+,28+,29+,30-,31+,32-,33-,34+,35+,36+,37-,38-,39+,40+,41+,42-,43+,44?,45+,46+,47+,48-,49-,50-/m0/s1. The first-order valence-electron chi connectivity index (χ1n) is 29.0. The van der Waals surface area contributed by atoms with Gasteiger partial charge in [0.15, 0.2) is 44.0 Å². The van der Waals surface area contributed by atoms with E-state index in [0.717, 1.165) is 27.7 Å². The van der Waals surface area contributed by atoms with Crippen LogP contribution in [0.1, 0.15) is 41.5 Å². The van der Waals surface area contributed by atoms with E-state index >= 15 is 0 Å². The summed E-state index contributed by atoms with van der Waals surface area (Å²) in [5, 5.41) is 188. The second-order valence-corrected chi connectivity index (χ2v) is 24.1. The fourth-order valence-corrected chi connectivity index (χ4v) is 11.8. The van der Waals surface area contributed by atoms with Gasteiger partial charge >= 0.3 is 10.4 Å². The molecule has 0 spiro atoms. The van der Waals surface area contributed by atoms with Crippen LogP contribution in [0, 0.1) is 0 Å². The summed E-state index contributed by atoms with van der Waals surface area (Å²) in [5.41, 5.74) is 0. The third kappa shape index (κ3) is 17.6. The molecule has 0 saturated carbocycles. The fourth-order valence-electron chi connectivity index (χ4n) is 11.5. The average Bonchev–Trinajstić information content (AvgIpc) is 0.775. The molecule has 0 aromatic rings. The van der Waals surface area contributed by atoms with Crippen molar-refractivity contribution < 1.29 is 180 Å². The minimum atomic E-state index is -5.17. The highest BCUT2D eigenvalue weighted by Crippen LogP contribution is 2.39. The molecule has 0 aromatic carbocycles. The lowest BCUT2D eigenvalue weighted by atomic mass is 9.93. The molecule has 7 aliphatic rings. The van der Waals surface area contributed by atoms with Gasteiger partial charge in [0.25, 0.3) is 0 Å². The van der Waals surface area contributed by atoms with Crippen molar-refractivity contribution in [1.29, 1.82) is 0 Å². The number of carbonyl (C=O) groups is 4. The third-order valence-corrected chi connectivity index (χ3v) is 16.7. The molecule has 92 heavy (non-hydrogen) atoms. The number of aliphatic hydroxyl groups excluding tert-OH is 16. The van der Waals surface area contributed by atoms with Gasteiger partial charge in [0.1, 0.15) is 158 Å². The predicted octanol–water partition coefficient (Wildman–Crippen LogP) is -13.8. The molecule has 532 valence electrons. The van der Waals surface area contributed by atoms with Crippen molar-refractivity contribution in [3.63, 3.8) is 0 Å². The zero-order chi connectivity index (χ0) is 68.3. The minimum Gasteiger partial charge on any atom is -0.394 e. The second kappa shape index (κ2) is 32.3. The number of amides is 4. The largest absolute Gasteiger partial charge is 0.397 e. The van der Waals surface area contributed by atoms with E-state index in [1.165, 1.54) is 13.8 Å². The number of hydrogen-bond donors (Lipinski definition) is 21. The molecule has 0 bridgehead atoms. The van der Waals surface area contributed by atoms with Gasteiger partial charge in [0.05, 0.1) is 45.2 Å². The van der Waals surface area contributed by atoms with Crippen LogP contribution in [0.5, 0.6) is 0 Å². The van der Waals surface area contributed by atoms with Crippen molar-refractivity contribution in [1.82, 2.24) is 21.3 Å². The van der Waals surface area contributed by atoms with E-state index in [4.69, 9.17) is 61.6 Å². The number of carbonyl (C=O) groups excluding carboxylic acids is 4. The molecule has 7 fully saturated rings. The summed E-state index contributed by atoms with van der Waals surface area (Å²) < 4.78 is 114. The van der Waals surface area contributed by atoms with Crippen molar-refractivity contribution in [2.75, 3.05) is 33.0 Å². The molecule has 41 nitrogen and oxygen atoms in total.